The van der Waals surface area contributed by atoms with Crippen LogP contribution in [0.2, 0.25) is 0 Å². The monoisotopic (exact) mass is 878 g/mol. The molecule has 0 nitrogen and oxygen atoms in total. The van der Waals surface area contributed by atoms with Crippen molar-refractivity contribution in [1.29, 1.82) is 0 Å². The van der Waals surface area contributed by atoms with Crippen LogP contribution in [-0.4, -0.2) is 19.2 Å². The molecule has 51 heavy (non-hydrogen) atoms. The number of hydrogen-bond donors (Lipinski definition) is 0. The first-order chi connectivity index (χ1) is 24.1. The molecule has 0 aliphatic rings. The molecule has 0 aliphatic heterocycles. The van der Waals surface area contributed by atoms with Crippen molar-refractivity contribution in [3.05, 3.63) is 194 Å². The number of fused-ring (bicyclic) bond motifs is 4. The minimum atomic E-state index is -0.368. The molecule has 256 valence electrons. The minimum Gasteiger partial charge on any atom is -0.366 e. The van der Waals surface area contributed by atoms with Gasteiger partial charge in [0.05, 0.1) is 39.8 Å². The van der Waals surface area contributed by atoms with Gasteiger partial charge in [-0.15, -0.1) is 11.1 Å². The second kappa shape index (κ2) is 19.8. The zero-order valence-corrected chi connectivity index (χ0v) is 33.4. The molecule has 0 N–H and O–H groups in total. The van der Waals surface area contributed by atoms with Crippen LogP contribution in [-0.2, 0) is 44.8 Å². The average molecular weight is 881 g/mol. The van der Waals surface area contributed by atoms with E-state index in [1.807, 2.05) is 72.8 Å². The Balaban J connectivity index is 0.000000168. The first-order valence-corrected chi connectivity index (χ1v) is 20.9. The molecular formula is C47H38Ag2P2+2. The van der Waals surface area contributed by atoms with Crippen molar-refractivity contribution in [2.24, 2.45) is 0 Å². The fraction of sp³-hybridized carbons (Fsp3) is 0.0638. The molecule has 0 amide bonds. The quantitative estimate of drug-likeness (QED) is 0.0543. The van der Waals surface area contributed by atoms with E-state index in [9.17, 15) is 0 Å². The third-order valence-electron chi connectivity index (χ3n) is 8.86. The maximum absolute atomic E-state index is 7.46. The second-order valence-corrected chi connectivity index (χ2v) is 17.8. The first kappa shape index (κ1) is 40.0. The summed E-state index contributed by atoms with van der Waals surface area (Å²) in [6.07, 6.45) is 14.9. The molecule has 0 aromatic heterocycles. The van der Waals surface area contributed by atoms with Crippen LogP contribution in [0, 0.1) is 24.7 Å². The summed E-state index contributed by atoms with van der Waals surface area (Å²) in [4.78, 5) is 0. The van der Waals surface area contributed by atoms with E-state index in [2.05, 4.69) is 122 Å². The topological polar surface area (TPSA) is 0 Å². The van der Waals surface area contributed by atoms with Crippen molar-refractivity contribution in [3.63, 3.8) is 0 Å². The Morgan fingerprint density at radius 1 is 0.392 bits per heavy atom. The Hall–Kier alpha value is -3.74. The predicted molar refractivity (Wildman–Crippen MR) is 221 cm³/mol. The van der Waals surface area contributed by atoms with Crippen molar-refractivity contribution in [2.45, 2.75) is 0 Å². The van der Waals surface area contributed by atoms with Crippen LogP contribution in [0.5, 0.6) is 0 Å². The van der Waals surface area contributed by atoms with E-state index in [0.717, 1.165) is 54.2 Å². The van der Waals surface area contributed by atoms with Crippen LogP contribution < -0.4 is 10.6 Å². The maximum atomic E-state index is 7.46. The van der Waals surface area contributed by atoms with Gasteiger partial charge < -0.3 is 12.8 Å². The smallest absolute Gasteiger partial charge is 0.366 e. The van der Waals surface area contributed by atoms with Crippen LogP contribution in [0.15, 0.2) is 170 Å². The molecule has 8 rings (SSSR count). The van der Waals surface area contributed by atoms with E-state index >= 15 is 0 Å². The van der Waals surface area contributed by atoms with Gasteiger partial charge in [-0.25, -0.2) is 0 Å². The molecule has 0 heterocycles. The predicted octanol–water partition coefficient (Wildman–Crippen LogP) is 11.1. The fourth-order valence-corrected chi connectivity index (χ4v) is 12.7. The molecule has 2 atom stereocenters. The van der Waals surface area contributed by atoms with Gasteiger partial charge in [0, 0.05) is 0 Å². The van der Waals surface area contributed by atoms with Crippen molar-refractivity contribution < 1.29 is 44.8 Å². The summed E-state index contributed by atoms with van der Waals surface area (Å²) in [5.41, 5.74) is 1.77. The van der Waals surface area contributed by atoms with Gasteiger partial charge in [-0.2, -0.15) is 0 Å². The standard InChI is InChI=1S/2C16H9.C15H18P2.2Ag/c2*1-2-14-15-9-5-3-7-12(15)11-13-8-4-6-10-16(13)14;1-16(14-9-5-3-6-10-14)13-17(2)15-11-7-4-8-12-15;;/h2*3-11H;3-12H,13H2,1-2H3;;/q2*-1;;2*+1/p+2. The summed E-state index contributed by atoms with van der Waals surface area (Å²) in [6, 6.07) is 58.8. The Kier molecular flexibility index (Phi) is 15.5. The molecule has 0 bridgehead atoms. The second-order valence-electron chi connectivity index (χ2n) is 12.1. The zero-order chi connectivity index (χ0) is 34.0. The Morgan fingerprint density at radius 3 is 0.922 bits per heavy atom. The van der Waals surface area contributed by atoms with Gasteiger partial charge in [0.25, 0.3) is 0 Å². The molecule has 0 saturated carbocycles. The van der Waals surface area contributed by atoms with Crippen molar-refractivity contribution >= 4 is 69.5 Å². The van der Waals surface area contributed by atoms with Gasteiger partial charge in [-0.1, -0.05) is 155 Å². The molecular weight excluding hydrogens is 842 g/mol. The van der Waals surface area contributed by atoms with Gasteiger partial charge in [0.1, 0.15) is 0 Å². The van der Waals surface area contributed by atoms with Gasteiger partial charge in [-0.05, 0) is 57.9 Å². The molecule has 8 aromatic rings. The zero-order valence-electron chi connectivity index (χ0n) is 28.5. The first-order valence-electron chi connectivity index (χ1n) is 16.5. The molecule has 0 saturated heterocycles. The van der Waals surface area contributed by atoms with Crippen LogP contribution in [0.1, 0.15) is 11.1 Å². The Morgan fingerprint density at radius 2 is 0.647 bits per heavy atom. The van der Waals surface area contributed by atoms with Crippen LogP contribution >= 0.6 is 15.8 Å². The number of rotatable bonds is 4. The molecule has 0 radical (unpaired) electrons. The normalized spacial score (nSPS) is 11.3. The molecule has 0 spiro atoms. The summed E-state index contributed by atoms with van der Waals surface area (Å²) < 4.78 is 0. The third-order valence-corrected chi connectivity index (χ3v) is 15.7. The summed E-state index contributed by atoms with van der Waals surface area (Å²) in [5, 5.41) is 12.2. The summed E-state index contributed by atoms with van der Waals surface area (Å²) >= 11 is 0. The Bertz CT molecular complexity index is 2150. The molecule has 4 heteroatoms. The summed E-state index contributed by atoms with van der Waals surface area (Å²) in [6.45, 7) is 4.88. The van der Waals surface area contributed by atoms with E-state index < -0.39 is 0 Å². The molecule has 0 fully saturated rings. The van der Waals surface area contributed by atoms with Crippen molar-refractivity contribution in [3.8, 4) is 11.8 Å². The van der Waals surface area contributed by atoms with E-state index in [1.165, 1.54) is 5.90 Å². The van der Waals surface area contributed by atoms with Crippen molar-refractivity contribution in [2.75, 3.05) is 19.2 Å². The fourth-order valence-electron chi connectivity index (χ4n) is 6.34. The summed E-state index contributed by atoms with van der Waals surface area (Å²) in [5.74, 6) is 6.53. The maximum Gasteiger partial charge on any atom is 1.00 e. The van der Waals surface area contributed by atoms with E-state index in [-0.39, 0.29) is 60.6 Å². The molecule has 2 unspecified atom stereocenters. The Labute approximate surface area is 336 Å². The van der Waals surface area contributed by atoms with E-state index in [4.69, 9.17) is 12.8 Å². The van der Waals surface area contributed by atoms with Gasteiger partial charge in [0.15, 0.2) is 5.90 Å². The molecule has 8 aromatic carbocycles. The van der Waals surface area contributed by atoms with Crippen LogP contribution in [0.3, 0.4) is 0 Å². The third kappa shape index (κ3) is 9.78. The van der Waals surface area contributed by atoms with E-state index in [0.29, 0.717) is 0 Å². The van der Waals surface area contributed by atoms with Crippen LogP contribution in [0.25, 0.3) is 43.1 Å². The number of benzene rings is 8. The molecule has 0 aliphatic carbocycles. The number of hydrogen-bond acceptors (Lipinski definition) is 0. The SMILES string of the molecule is C[PH+](C[PH+](C)c1ccccc1)c1ccccc1.[Ag+].[Ag+].[C-]#Cc1c2ccccc2cc2ccccc12.[C-]#Cc1c2ccccc2cc2ccccc12. The average Bonchev–Trinajstić information content (AvgIpc) is 3.17. The van der Waals surface area contributed by atoms with Gasteiger partial charge in [0.2, 0.25) is 0 Å². The van der Waals surface area contributed by atoms with Crippen molar-refractivity contribution in [1.82, 2.24) is 0 Å². The largest absolute Gasteiger partial charge is 1.00 e. The van der Waals surface area contributed by atoms with Crippen LogP contribution in [0.4, 0.5) is 0 Å². The minimum absolute atomic E-state index is 0. The van der Waals surface area contributed by atoms with Gasteiger partial charge >= 0.3 is 44.8 Å². The summed E-state index contributed by atoms with van der Waals surface area (Å²) in [7, 11) is -0.736. The van der Waals surface area contributed by atoms with Gasteiger partial charge in [-0.3, -0.25) is 11.8 Å². The van der Waals surface area contributed by atoms with E-state index in [1.54, 1.807) is 10.6 Å².